The van der Waals surface area contributed by atoms with E-state index in [0.29, 0.717) is 0 Å². The van der Waals surface area contributed by atoms with Gasteiger partial charge in [-0.25, -0.2) is 13.1 Å². The molecule has 1 aliphatic rings. The molecule has 148 valence electrons. The average Bonchev–Trinajstić information content (AvgIpc) is 2.55. The number of nitrogens with one attached hydrogen (secondary N) is 2. The summed E-state index contributed by atoms with van der Waals surface area (Å²) in [5.41, 5.74) is 0.107. The van der Waals surface area contributed by atoms with Crippen molar-refractivity contribution in [1.29, 1.82) is 0 Å². The molecule has 1 aromatic carbocycles. The Hall–Kier alpha value is -1.06. The number of ether oxygens (including phenoxy) is 1. The Bertz CT molecular complexity index is 756. The maximum atomic E-state index is 12.9. The number of hydrogen-bond acceptors (Lipinski definition) is 5. The van der Waals surface area contributed by atoms with Crippen LogP contribution in [0.2, 0.25) is 5.02 Å². The monoisotopic (exact) mass is 425 g/mol. The first-order valence-corrected chi connectivity index (χ1v) is 9.88. The minimum Gasteiger partial charge on any atom is -0.494 e. The smallest absolute Gasteiger partial charge is 0.257 e. The molecule has 1 aromatic rings. The summed E-state index contributed by atoms with van der Waals surface area (Å²) >= 11 is 6.07. The van der Waals surface area contributed by atoms with Gasteiger partial charge in [-0.2, -0.15) is 0 Å². The van der Waals surface area contributed by atoms with Crippen LogP contribution >= 0.6 is 24.0 Å². The van der Waals surface area contributed by atoms with Gasteiger partial charge in [0.05, 0.1) is 12.7 Å². The minimum atomic E-state index is -3.91. The Balaban J connectivity index is 0.00000338. The summed E-state index contributed by atoms with van der Waals surface area (Å²) in [6, 6.07) is 2.48. The highest BCUT2D eigenvalue weighted by Gasteiger charge is 2.31. The van der Waals surface area contributed by atoms with Crippen molar-refractivity contribution in [3.8, 4) is 5.75 Å². The Morgan fingerprint density at radius 2 is 2.04 bits per heavy atom. The lowest BCUT2D eigenvalue weighted by Gasteiger charge is -2.30. The Kier molecular flexibility index (Phi) is 8.16. The summed E-state index contributed by atoms with van der Waals surface area (Å²) in [6.07, 6.45) is 1.62. The van der Waals surface area contributed by atoms with Crippen molar-refractivity contribution in [1.82, 2.24) is 14.9 Å². The van der Waals surface area contributed by atoms with Gasteiger partial charge in [0.15, 0.2) is 5.75 Å². The van der Waals surface area contributed by atoms with Crippen LogP contribution in [0.15, 0.2) is 17.0 Å². The van der Waals surface area contributed by atoms with Crippen LogP contribution in [0.25, 0.3) is 0 Å². The largest absolute Gasteiger partial charge is 0.494 e. The Labute approximate surface area is 165 Å². The van der Waals surface area contributed by atoms with E-state index < -0.39 is 10.0 Å². The Morgan fingerprint density at radius 1 is 1.38 bits per heavy atom. The number of methoxy groups -OCH3 is 1. The molecule has 2 rings (SSSR count). The van der Waals surface area contributed by atoms with Gasteiger partial charge >= 0.3 is 0 Å². The summed E-state index contributed by atoms with van der Waals surface area (Å²) < 4.78 is 33.8. The van der Waals surface area contributed by atoms with Crippen LogP contribution in [0.3, 0.4) is 0 Å². The van der Waals surface area contributed by atoms with Gasteiger partial charge in [-0.15, -0.1) is 12.4 Å². The summed E-state index contributed by atoms with van der Waals surface area (Å²) in [6.45, 7) is 2.80. The molecule has 1 heterocycles. The van der Waals surface area contributed by atoms with E-state index in [-0.39, 0.29) is 51.6 Å². The second-order valence-electron chi connectivity index (χ2n) is 6.30. The van der Waals surface area contributed by atoms with E-state index in [2.05, 4.69) is 10.0 Å². The van der Waals surface area contributed by atoms with Gasteiger partial charge in [0.2, 0.25) is 10.0 Å². The summed E-state index contributed by atoms with van der Waals surface area (Å²) in [7, 11) is 0.571. The number of rotatable bonds is 5. The van der Waals surface area contributed by atoms with Gasteiger partial charge in [0.25, 0.3) is 5.91 Å². The zero-order valence-corrected chi connectivity index (χ0v) is 17.6. The fourth-order valence-electron chi connectivity index (χ4n) is 2.85. The molecule has 1 fully saturated rings. The lowest BCUT2D eigenvalue weighted by atomic mass is 10.0. The third kappa shape index (κ3) is 5.01. The van der Waals surface area contributed by atoms with Crippen molar-refractivity contribution < 1.29 is 17.9 Å². The minimum absolute atomic E-state index is 0. The standard InChI is InChI=1S/C16H24ClN3O4S.ClH/c1-10-13(6-5-7-18-10)19-25(22,23)14-9-11(17)8-12(15(14)24-4)16(21)20(2)3;/h8-10,13,18-19H,5-7H2,1-4H3;1H. The molecule has 0 saturated carbocycles. The molecule has 1 aliphatic heterocycles. The van der Waals surface area contributed by atoms with Crippen LogP contribution in [0.4, 0.5) is 0 Å². The molecule has 0 aromatic heterocycles. The number of benzene rings is 1. The van der Waals surface area contributed by atoms with E-state index in [4.69, 9.17) is 16.3 Å². The number of amides is 1. The zero-order valence-electron chi connectivity index (χ0n) is 15.2. The van der Waals surface area contributed by atoms with Crippen molar-refractivity contribution in [3.05, 3.63) is 22.7 Å². The number of carbonyl (C=O) groups is 1. The number of piperidine rings is 1. The van der Waals surface area contributed by atoms with E-state index in [0.717, 1.165) is 19.4 Å². The first-order valence-electron chi connectivity index (χ1n) is 8.02. The first-order chi connectivity index (χ1) is 11.7. The molecule has 1 amide bonds. The van der Waals surface area contributed by atoms with Crippen molar-refractivity contribution in [2.75, 3.05) is 27.7 Å². The molecule has 0 aliphatic carbocycles. The first kappa shape index (κ1) is 23.0. The predicted molar refractivity (Wildman–Crippen MR) is 104 cm³/mol. The second kappa shape index (κ2) is 9.23. The second-order valence-corrected chi connectivity index (χ2v) is 8.42. The molecular formula is C16H25Cl2N3O4S. The molecule has 0 radical (unpaired) electrons. The topological polar surface area (TPSA) is 87.7 Å². The lowest BCUT2D eigenvalue weighted by molar-refractivity contribution is 0.0824. The van der Waals surface area contributed by atoms with Gasteiger partial charge in [-0.3, -0.25) is 4.79 Å². The van der Waals surface area contributed by atoms with Crippen LogP contribution < -0.4 is 14.8 Å². The SMILES string of the molecule is COc1c(C(=O)N(C)C)cc(Cl)cc1S(=O)(=O)NC1CCCNC1C.Cl. The Morgan fingerprint density at radius 3 is 2.58 bits per heavy atom. The molecular weight excluding hydrogens is 401 g/mol. The highest BCUT2D eigenvalue weighted by molar-refractivity contribution is 7.89. The fraction of sp³-hybridized carbons (Fsp3) is 0.562. The van der Waals surface area contributed by atoms with Gasteiger partial charge in [0, 0.05) is 31.2 Å². The third-order valence-electron chi connectivity index (χ3n) is 4.22. The van der Waals surface area contributed by atoms with Gasteiger partial charge in [0.1, 0.15) is 4.90 Å². The summed E-state index contributed by atoms with van der Waals surface area (Å²) in [5, 5.41) is 3.40. The number of carbonyl (C=O) groups excluding carboxylic acids is 1. The van der Waals surface area contributed by atoms with E-state index >= 15 is 0 Å². The van der Waals surface area contributed by atoms with Crippen molar-refractivity contribution in [2.24, 2.45) is 0 Å². The maximum Gasteiger partial charge on any atom is 0.257 e. The average molecular weight is 426 g/mol. The molecule has 26 heavy (non-hydrogen) atoms. The highest BCUT2D eigenvalue weighted by atomic mass is 35.5. The number of halogens is 2. The summed E-state index contributed by atoms with van der Waals surface area (Å²) in [4.78, 5) is 13.6. The molecule has 2 atom stereocenters. The van der Waals surface area contributed by atoms with Crippen LogP contribution in [-0.2, 0) is 10.0 Å². The molecule has 0 bridgehead atoms. The predicted octanol–water partition coefficient (Wildman–Crippen LogP) is 1.89. The van der Waals surface area contributed by atoms with Crippen molar-refractivity contribution in [2.45, 2.75) is 36.7 Å². The van der Waals surface area contributed by atoms with E-state index in [1.165, 1.54) is 24.1 Å². The van der Waals surface area contributed by atoms with E-state index in [1.807, 2.05) is 6.92 Å². The molecule has 1 saturated heterocycles. The van der Waals surface area contributed by atoms with E-state index in [1.54, 1.807) is 14.1 Å². The van der Waals surface area contributed by atoms with Crippen LogP contribution in [0, 0.1) is 0 Å². The van der Waals surface area contributed by atoms with Gasteiger partial charge in [-0.05, 0) is 38.4 Å². The van der Waals surface area contributed by atoms with Crippen molar-refractivity contribution >= 4 is 39.9 Å². The van der Waals surface area contributed by atoms with Crippen LogP contribution in [-0.4, -0.2) is 59.1 Å². The van der Waals surface area contributed by atoms with Crippen LogP contribution in [0.1, 0.15) is 30.1 Å². The van der Waals surface area contributed by atoms with Crippen LogP contribution in [0.5, 0.6) is 5.75 Å². The highest BCUT2D eigenvalue weighted by Crippen LogP contribution is 2.33. The zero-order chi connectivity index (χ0) is 18.8. The molecule has 0 spiro atoms. The quantitative estimate of drug-likeness (QED) is 0.751. The van der Waals surface area contributed by atoms with Crippen molar-refractivity contribution in [3.63, 3.8) is 0 Å². The number of hydrogen-bond donors (Lipinski definition) is 2. The lowest BCUT2D eigenvalue weighted by Crippen LogP contribution is -2.51. The van der Waals surface area contributed by atoms with Gasteiger partial charge < -0.3 is 15.0 Å². The molecule has 2 N–H and O–H groups in total. The third-order valence-corrected chi connectivity index (χ3v) is 5.93. The molecule has 7 nitrogen and oxygen atoms in total. The fourth-order valence-corrected chi connectivity index (χ4v) is 4.70. The maximum absolute atomic E-state index is 12.9. The number of sulfonamides is 1. The normalized spacial score (nSPS) is 20.2. The summed E-state index contributed by atoms with van der Waals surface area (Å²) in [5.74, 6) is -0.393. The number of nitrogens with zero attached hydrogens (tertiary/aromatic N) is 1. The molecule has 2 unspecified atom stereocenters. The van der Waals surface area contributed by atoms with Gasteiger partial charge in [-0.1, -0.05) is 11.6 Å². The van der Waals surface area contributed by atoms with E-state index in [9.17, 15) is 13.2 Å². The molecule has 10 heteroatoms.